The van der Waals surface area contributed by atoms with Crippen LogP contribution in [-0.4, -0.2) is 25.4 Å². The third-order valence-electron chi connectivity index (χ3n) is 3.46. The van der Waals surface area contributed by atoms with Crippen molar-refractivity contribution in [2.45, 2.75) is 4.90 Å². The van der Waals surface area contributed by atoms with E-state index in [9.17, 15) is 9.59 Å². The van der Waals surface area contributed by atoms with E-state index < -0.39 is 0 Å². The normalized spacial score (nSPS) is 11.2. The highest BCUT2D eigenvalue weighted by atomic mass is 32.2. The van der Waals surface area contributed by atoms with Crippen LogP contribution < -0.4 is 11.2 Å². The second-order valence-corrected chi connectivity index (χ2v) is 5.54. The van der Waals surface area contributed by atoms with E-state index in [1.807, 2.05) is 30.5 Å². The summed E-state index contributed by atoms with van der Waals surface area (Å²) in [5.74, 6) is 0.591. The maximum Gasteiger partial charge on any atom is 0.332 e. The van der Waals surface area contributed by atoms with Crippen molar-refractivity contribution in [1.82, 2.24) is 19.1 Å². The zero-order chi connectivity index (χ0) is 15.1. The Kier molecular flexibility index (Phi) is 3.21. The lowest BCUT2D eigenvalue weighted by Crippen LogP contribution is -2.36. The Bertz CT molecular complexity index is 952. The molecule has 21 heavy (non-hydrogen) atoms. The highest BCUT2D eigenvalue weighted by Crippen LogP contribution is 2.28. The Morgan fingerprint density at radius 3 is 2.57 bits per heavy atom. The summed E-state index contributed by atoms with van der Waals surface area (Å²) in [6, 6.07) is 7.79. The number of hydrogen-bond acceptors (Lipinski definition) is 4. The van der Waals surface area contributed by atoms with E-state index in [1.165, 1.54) is 11.6 Å². The molecule has 3 aromatic rings. The van der Waals surface area contributed by atoms with Gasteiger partial charge < -0.3 is 4.98 Å². The summed E-state index contributed by atoms with van der Waals surface area (Å²) in [5, 5.41) is 0. The predicted molar refractivity (Wildman–Crippen MR) is 83.8 cm³/mol. The minimum Gasteiger partial charge on any atom is -0.332 e. The van der Waals surface area contributed by atoms with E-state index in [0.29, 0.717) is 17.0 Å². The number of fused-ring (bicyclic) bond motifs is 1. The smallest absolute Gasteiger partial charge is 0.332 e. The molecular weight excluding hydrogens is 288 g/mol. The average molecular weight is 302 g/mol. The van der Waals surface area contributed by atoms with E-state index in [4.69, 9.17) is 0 Å². The van der Waals surface area contributed by atoms with Crippen molar-refractivity contribution in [3.8, 4) is 11.4 Å². The van der Waals surface area contributed by atoms with Gasteiger partial charge in [-0.15, -0.1) is 11.8 Å². The van der Waals surface area contributed by atoms with Crippen molar-refractivity contribution in [1.29, 1.82) is 0 Å². The van der Waals surface area contributed by atoms with Crippen LogP contribution in [0, 0.1) is 0 Å². The summed E-state index contributed by atoms with van der Waals surface area (Å²) in [6.45, 7) is 0. The van der Waals surface area contributed by atoms with Gasteiger partial charge in [0.25, 0.3) is 5.56 Å². The quantitative estimate of drug-likeness (QED) is 0.725. The van der Waals surface area contributed by atoms with Crippen LogP contribution >= 0.6 is 11.8 Å². The van der Waals surface area contributed by atoms with Crippen molar-refractivity contribution >= 4 is 22.9 Å². The lowest BCUT2D eigenvalue weighted by Gasteiger charge is -2.02. The van der Waals surface area contributed by atoms with E-state index >= 15 is 0 Å². The van der Waals surface area contributed by atoms with Crippen molar-refractivity contribution in [2.75, 3.05) is 6.26 Å². The first-order valence-electron chi connectivity index (χ1n) is 6.33. The number of nitrogens with one attached hydrogen (secondary N) is 1. The maximum absolute atomic E-state index is 12.2. The van der Waals surface area contributed by atoms with Gasteiger partial charge in [0.2, 0.25) is 0 Å². The van der Waals surface area contributed by atoms with Crippen molar-refractivity contribution in [2.24, 2.45) is 14.1 Å². The molecule has 108 valence electrons. The highest BCUT2D eigenvalue weighted by Gasteiger charge is 2.15. The molecule has 7 heteroatoms. The fraction of sp³-hybridized carbons (Fsp3) is 0.214. The minimum absolute atomic E-state index is 0.338. The summed E-state index contributed by atoms with van der Waals surface area (Å²) < 4.78 is 2.45. The Morgan fingerprint density at radius 1 is 1.14 bits per heavy atom. The van der Waals surface area contributed by atoms with Crippen molar-refractivity contribution in [3.05, 3.63) is 45.1 Å². The molecule has 0 aliphatic heterocycles. The second-order valence-electron chi connectivity index (χ2n) is 4.69. The molecule has 0 aliphatic rings. The van der Waals surface area contributed by atoms with Crippen LogP contribution in [0.4, 0.5) is 0 Å². The molecule has 2 heterocycles. The molecule has 0 spiro atoms. The van der Waals surface area contributed by atoms with E-state index in [0.717, 1.165) is 15.0 Å². The van der Waals surface area contributed by atoms with Gasteiger partial charge in [-0.25, -0.2) is 9.78 Å². The number of hydrogen-bond donors (Lipinski definition) is 1. The Labute approximate surface area is 124 Å². The van der Waals surface area contributed by atoms with Crippen LogP contribution in [0.2, 0.25) is 0 Å². The fourth-order valence-electron chi connectivity index (χ4n) is 2.29. The summed E-state index contributed by atoms with van der Waals surface area (Å²) in [7, 11) is 3.07. The van der Waals surface area contributed by atoms with E-state index in [2.05, 4.69) is 9.97 Å². The summed E-state index contributed by atoms with van der Waals surface area (Å²) in [6.07, 6.45) is 1.98. The standard InChI is InChI=1S/C14H14N4O2S/c1-17-12-10(13(19)18(2)14(17)20)15-11(16-12)8-6-4-5-7-9(8)21-3/h4-7H,1-3H3,(H,15,16). The molecule has 0 bridgehead atoms. The molecular formula is C14H14N4O2S. The van der Waals surface area contributed by atoms with Gasteiger partial charge in [0.1, 0.15) is 11.3 Å². The Hall–Kier alpha value is -2.28. The van der Waals surface area contributed by atoms with Gasteiger partial charge in [-0.05, 0) is 12.3 Å². The number of aromatic amines is 1. The molecule has 1 N–H and O–H groups in total. The number of aromatic nitrogens is 4. The zero-order valence-electron chi connectivity index (χ0n) is 11.9. The molecule has 0 atom stereocenters. The number of imidazole rings is 1. The first-order valence-corrected chi connectivity index (χ1v) is 7.56. The van der Waals surface area contributed by atoms with Crippen LogP contribution in [0.25, 0.3) is 22.6 Å². The third-order valence-corrected chi connectivity index (χ3v) is 4.25. The van der Waals surface area contributed by atoms with Crippen LogP contribution in [0.1, 0.15) is 0 Å². The SMILES string of the molecule is CSc1ccccc1-c1nc2c([nH]1)c(=O)n(C)c(=O)n2C. The van der Waals surface area contributed by atoms with Crippen LogP contribution in [0.5, 0.6) is 0 Å². The largest absolute Gasteiger partial charge is 0.332 e. The average Bonchev–Trinajstić information content (AvgIpc) is 2.96. The van der Waals surface area contributed by atoms with Gasteiger partial charge in [0.05, 0.1) is 0 Å². The van der Waals surface area contributed by atoms with Crippen LogP contribution in [0.15, 0.2) is 38.8 Å². The molecule has 0 unspecified atom stereocenters. The summed E-state index contributed by atoms with van der Waals surface area (Å²) in [4.78, 5) is 32.6. The molecule has 2 aromatic heterocycles. The van der Waals surface area contributed by atoms with Crippen molar-refractivity contribution in [3.63, 3.8) is 0 Å². The third kappa shape index (κ3) is 2.01. The number of aryl methyl sites for hydroxylation is 1. The minimum atomic E-state index is -0.385. The van der Waals surface area contributed by atoms with Gasteiger partial charge >= 0.3 is 5.69 Å². The first kappa shape index (κ1) is 13.7. The number of benzene rings is 1. The van der Waals surface area contributed by atoms with Gasteiger partial charge in [-0.3, -0.25) is 13.9 Å². The van der Waals surface area contributed by atoms with Gasteiger partial charge in [-0.2, -0.15) is 0 Å². The molecule has 0 radical (unpaired) electrons. The van der Waals surface area contributed by atoms with Gasteiger partial charge in [0, 0.05) is 24.6 Å². The molecule has 0 saturated carbocycles. The number of rotatable bonds is 2. The van der Waals surface area contributed by atoms with E-state index in [-0.39, 0.29) is 11.2 Å². The second kappa shape index (κ2) is 4.92. The lowest BCUT2D eigenvalue weighted by molar-refractivity contribution is 0.709. The van der Waals surface area contributed by atoms with Gasteiger partial charge in [0.15, 0.2) is 5.65 Å². The molecule has 0 fully saturated rings. The van der Waals surface area contributed by atoms with Crippen molar-refractivity contribution < 1.29 is 0 Å². The molecule has 0 amide bonds. The molecule has 6 nitrogen and oxygen atoms in total. The zero-order valence-corrected chi connectivity index (χ0v) is 12.7. The van der Waals surface area contributed by atoms with Crippen LogP contribution in [0.3, 0.4) is 0 Å². The fourth-order valence-corrected chi connectivity index (χ4v) is 2.89. The first-order chi connectivity index (χ1) is 10.0. The topological polar surface area (TPSA) is 72.7 Å². The van der Waals surface area contributed by atoms with Crippen LogP contribution in [-0.2, 0) is 14.1 Å². The molecule has 1 aromatic carbocycles. The number of nitrogens with zero attached hydrogens (tertiary/aromatic N) is 3. The monoisotopic (exact) mass is 302 g/mol. The molecule has 0 saturated heterocycles. The lowest BCUT2D eigenvalue weighted by atomic mass is 10.2. The van der Waals surface area contributed by atoms with Gasteiger partial charge in [-0.1, -0.05) is 18.2 Å². The number of H-pyrrole nitrogens is 1. The Morgan fingerprint density at radius 2 is 1.86 bits per heavy atom. The summed E-state index contributed by atoms with van der Waals surface area (Å²) in [5.41, 5.74) is 0.868. The summed E-state index contributed by atoms with van der Waals surface area (Å²) >= 11 is 1.60. The number of thioether (sulfide) groups is 1. The maximum atomic E-state index is 12.2. The van der Waals surface area contributed by atoms with E-state index in [1.54, 1.807) is 18.8 Å². The Balaban J connectivity index is 2.37. The molecule has 3 rings (SSSR count). The predicted octanol–water partition coefficient (Wildman–Crippen LogP) is 1.35. The highest BCUT2D eigenvalue weighted by molar-refractivity contribution is 7.98. The molecule has 0 aliphatic carbocycles.